The topological polar surface area (TPSA) is 20.2 Å². The van der Waals surface area contributed by atoms with Crippen LogP contribution in [0.1, 0.15) is 48.6 Å². The van der Waals surface area contributed by atoms with Crippen molar-refractivity contribution < 1.29 is 5.11 Å². The summed E-state index contributed by atoms with van der Waals surface area (Å²) in [5.41, 5.74) is 4.54. The van der Waals surface area contributed by atoms with Gasteiger partial charge in [-0.3, -0.25) is 0 Å². The SMILES string of the molecule is CCCc1cccc(C(O)c2ccccc2CC)c1. The minimum atomic E-state index is -0.520. The van der Waals surface area contributed by atoms with Crippen LogP contribution in [0.15, 0.2) is 48.5 Å². The lowest BCUT2D eigenvalue weighted by molar-refractivity contribution is 0.219. The van der Waals surface area contributed by atoms with E-state index in [9.17, 15) is 5.11 Å². The average molecular weight is 254 g/mol. The summed E-state index contributed by atoms with van der Waals surface area (Å²) in [4.78, 5) is 0. The van der Waals surface area contributed by atoms with Crippen molar-refractivity contribution in [3.8, 4) is 0 Å². The van der Waals surface area contributed by atoms with E-state index < -0.39 is 6.10 Å². The predicted molar refractivity (Wildman–Crippen MR) is 80.3 cm³/mol. The molecular formula is C18H22O. The van der Waals surface area contributed by atoms with Crippen LogP contribution in [0.3, 0.4) is 0 Å². The lowest BCUT2D eigenvalue weighted by atomic mass is 9.94. The van der Waals surface area contributed by atoms with E-state index in [4.69, 9.17) is 0 Å². The van der Waals surface area contributed by atoms with E-state index in [2.05, 4.69) is 32.0 Å². The second-order valence-electron chi connectivity index (χ2n) is 4.95. The quantitative estimate of drug-likeness (QED) is 0.844. The highest BCUT2D eigenvalue weighted by Gasteiger charge is 2.13. The number of hydrogen-bond acceptors (Lipinski definition) is 1. The van der Waals surface area contributed by atoms with Gasteiger partial charge in [0.2, 0.25) is 0 Å². The minimum absolute atomic E-state index is 0.520. The Bertz CT molecular complexity index is 531. The van der Waals surface area contributed by atoms with Crippen molar-refractivity contribution in [2.24, 2.45) is 0 Å². The molecule has 2 rings (SSSR count). The molecule has 1 unspecified atom stereocenters. The first-order valence-corrected chi connectivity index (χ1v) is 7.11. The largest absolute Gasteiger partial charge is 0.384 e. The molecule has 19 heavy (non-hydrogen) atoms. The Labute approximate surface area is 115 Å². The molecule has 1 atom stereocenters. The Hall–Kier alpha value is -1.60. The molecule has 1 N–H and O–H groups in total. The highest BCUT2D eigenvalue weighted by Crippen LogP contribution is 2.26. The second-order valence-corrected chi connectivity index (χ2v) is 4.95. The van der Waals surface area contributed by atoms with E-state index >= 15 is 0 Å². The summed E-state index contributed by atoms with van der Waals surface area (Å²) in [7, 11) is 0. The molecule has 100 valence electrons. The zero-order valence-electron chi connectivity index (χ0n) is 11.8. The lowest BCUT2D eigenvalue weighted by Gasteiger charge is -2.16. The zero-order valence-corrected chi connectivity index (χ0v) is 11.8. The van der Waals surface area contributed by atoms with Gasteiger partial charge in [0.05, 0.1) is 0 Å². The number of aliphatic hydroxyl groups excluding tert-OH is 1. The molecule has 2 aromatic carbocycles. The van der Waals surface area contributed by atoms with E-state index in [0.717, 1.165) is 30.4 Å². The summed E-state index contributed by atoms with van der Waals surface area (Å²) < 4.78 is 0. The fraction of sp³-hybridized carbons (Fsp3) is 0.333. The van der Waals surface area contributed by atoms with Crippen molar-refractivity contribution in [1.29, 1.82) is 0 Å². The van der Waals surface area contributed by atoms with Gasteiger partial charge < -0.3 is 5.11 Å². The van der Waals surface area contributed by atoms with Crippen LogP contribution in [0.5, 0.6) is 0 Å². The van der Waals surface area contributed by atoms with Crippen LogP contribution in [0.2, 0.25) is 0 Å². The van der Waals surface area contributed by atoms with E-state index in [1.807, 2.05) is 30.3 Å². The molecule has 0 saturated heterocycles. The predicted octanol–water partition coefficient (Wildman–Crippen LogP) is 4.28. The first kappa shape index (κ1) is 13.8. The van der Waals surface area contributed by atoms with Gasteiger partial charge >= 0.3 is 0 Å². The number of aliphatic hydroxyl groups is 1. The van der Waals surface area contributed by atoms with Crippen molar-refractivity contribution >= 4 is 0 Å². The Kier molecular flexibility index (Phi) is 4.75. The van der Waals surface area contributed by atoms with Crippen molar-refractivity contribution in [1.82, 2.24) is 0 Å². The van der Waals surface area contributed by atoms with Gasteiger partial charge in [-0.05, 0) is 35.1 Å². The highest BCUT2D eigenvalue weighted by atomic mass is 16.3. The molecule has 1 heteroatoms. The van der Waals surface area contributed by atoms with Crippen LogP contribution in [0.25, 0.3) is 0 Å². The Morgan fingerprint density at radius 3 is 2.53 bits per heavy atom. The van der Waals surface area contributed by atoms with E-state index in [0.29, 0.717) is 0 Å². The summed E-state index contributed by atoms with van der Waals surface area (Å²) in [6, 6.07) is 16.4. The molecule has 0 aliphatic heterocycles. The average Bonchev–Trinajstić information content (AvgIpc) is 2.47. The number of aryl methyl sites for hydroxylation is 2. The van der Waals surface area contributed by atoms with Gasteiger partial charge in [-0.15, -0.1) is 0 Å². The molecule has 0 fully saturated rings. The molecular weight excluding hydrogens is 232 g/mol. The molecule has 0 heterocycles. The molecule has 0 spiro atoms. The fourth-order valence-corrected chi connectivity index (χ4v) is 2.51. The van der Waals surface area contributed by atoms with E-state index in [1.165, 1.54) is 11.1 Å². The van der Waals surface area contributed by atoms with Crippen molar-refractivity contribution in [3.05, 3.63) is 70.8 Å². The highest BCUT2D eigenvalue weighted by molar-refractivity contribution is 5.37. The number of benzene rings is 2. The Morgan fingerprint density at radius 2 is 1.79 bits per heavy atom. The molecule has 0 amide bonds. The summed E-state index contributed by atoms with van der Waals surface area (Å²) in [5, 5.41) is 10.6. The van der Waals surface area contributed by atoms with Gasteiger partial charge in [-0.1, -0.05) is 68.8 Å². The normalized spacial score (nSPS) is 12.4. The van der Waals surface area contributed by atoms with Gasteiger partial charge in [0.1, 0.15) is 6.10 Å². The van der Waals surface area contributed by atoms with Crippen LogP contribution in [-0.4, -0.2) is 5.11 Å². The third-order valence-corrected chi connectivity index (χ3v) is 3.54. The molecule has 1 nitrogen and oxygen atoms in total. The maximum Gasteiger partial charge on any atom is 0.104 e. The van der Waals surface area contributed by atoms with Gasteiger partial charge in [-0.25, -0.2) is 0 Å². The minimum Gasteiger partial charge on any atom is -0.384 e. The van der Waals surface area contributed by atoms with E-state index in [-0.39, 0.29) is 0 Å². The molecule has 0 aromatic heterocycles. The second kappa shape index (κ2) is 6.53. The number of hydrogen-bond donors (Lipinski definition) is 1. The third kappa shape index (κ3) is 3.24. The molecule has 0 radical (unpaired) electrons. The zero-order chi connectivity index (χ0) is 13.7. The Balaban J connectivity index is 2.32. The van der Waals surface area contributed by atoms with Crippen molar-refractivity contribution in [3.63, 3.8) is 0 Å². The number of rotatable bonds is 5. The lowest BCUT2D eigenvalue weighted by Crippen LogP contribution is -2.04. The van der Waals surface area contributed by atoms with Crippen LogP contribution in [0, 0.1) is 0 Å². The molecule has 0 aliphatic carbocycles. The van der Waals surface area contributed by atoms with Gasteiger partial charge in [0.15, 0.2) is 0 Å². The first-order chi connectivity index (χ1) is 9.26. The molecule has 0 saturated carbocycles. The van der Waals surface area contributed by atoms with Crippen LogP contribution in [0.4, 0.5) is 0 Å². The maximum atomic E-state index is 10.6. The fourth-order valence-electron chi connectivity index (χ4n) is 2.51. The van der Waals surface area contributed by atoms with Crippen molar-refractivity contribution in [2.45, 2.75) is 39.2 Å². The molecule has 2 aromatic rings. The monoisotopic (exact) mass is 254 g/mol. The summed E-state index contributed by atoms with van der Waals surface area (Å²) >= 11 is 0. The van der Waals surface area contributed by atoms with Gasteiger partial charge in [0, 0.05) is 0 Å². The third-order valence-electron chi connectivity index (χ3n) is 3.54. The van der Waals surface area contributed by atoms with Gasteiger partial charge in [0.25, 0.3) is 0 Å². The smallest absolute Gasteiger partial charge is 0.104 e. The van der Waals surface area contributed by atoms with Crippen LogP contribution < -0.4 is 0 Å². The molecule has 0 bridgehead atoms. The summed E-state index contributed by atoms with van der Waals surface area (Å²) in [6.45, 7) is 4.30. The maximum absolute atomic E-state index is 10.6. The standard InChI is InChI=1S/C18H22O/c1-3-8-14-9-7-11-16(13-14)18(19)17-12-6-5-10-15(17)4-2/h5-7,9-13,18-19H,3-4,8H2,1-2H3. The first-order valence-electron chi connectivity index (χ1n) is 7.11. The van der Waals surface area contributed by atoms with Gasteiger partial charge in [-0.2, -0.15) is 0 Å². The van der Waals surface area contributed by atoms with Crippen molar-refractivity contribution in [2.75, 3.05) is 0 Å². The summed E-state index contributed by atoms with van der Waals surface area (Å²) in [5.74, 6) is 0. The Morgan fingerprint density at radius 1 is 1.00 bits per heavy atom. The van der Waals surface area contributed by atoms with Crippen LogP contribution >= 0.6 is 0 Å². The van der Waals surface area contributed by atoms with Crippen LogP contribution in [-0.2, 0) is 12.8 Å². The van der Waals surface area contributed by atoms with E-state index in [1.54, 1.807) is 0 Å². The molecule has 0 aliphatic rings. The summed E-state index contributed by atoms with van der Waals surface area (Å²) in [6.07, 6.45) is 2.62.